The molecule has 5 heteroatoms. The van der Waals surface area contributed by atoms with Crippen LogP contribution in [-0.4, -0.2) is 35.2 Å². The van der Waals surface area contributed by atoms with Crippen molar-refractivity contribution in [1.82, 2.24) is 0 Å². The number of esters is 1. The Morgan fingerprint density at radius 2 is 2.50 bits per heavy atom. The van der Waals surface area contributed by atoms with Crippen molar-refractivity contribution in [1.29, 1.82) is 0 Å². The number of hydrogen-bond acceptors (Lipinski definition) is 5. The molecule has 0 aromatic rings. The molecule has 1 atom stereocenters. The maximum absolute atomic E-state index is 11.0. The molecule has 1 unspecified atom stereocenters. The molecule has 1 rings (SSSR count). The Balaban J connectivity index is 2.44. The molecule has 0 spiro atoms. The Kier molecular flexibility index (Phi) is 4.31. The summed E-state index contributed by atoms with van der Waals surface area (Å²) in [5.41, 5.74) is 0. The number of carbonyl (C=O) groups is 1. The van der Waals surface area contributed by atoms with Crippen LogP contribution in [0, 0.1) is 0 Å². The molecule has 3 nitrogen and oxygen atoms in total. The highest BCUT2D eigenvalue weighted by Gasteiger charge is 2.29. The van der Waals surface area contributed by atoms with Gasteiger partial charge in [-0.2, -0.15) is 12.6 Å². The van der Waals surface area contributed by atoms with Gasteiger partial charge in [0.15, 0.2) is 0 Å². The molecule has 0 saturated carbocycles. The maximum atomic E-state index is 11.0. The normalized spacial score (nSPS) is 20.1. The van der Waals surface area contributed by atoms with Crippen LogP contribution in [0.25, 0.3) is 0 Å². The molecule has 1 aliphatic rings. The van der Waals surface area contributed by atoms with Crippen molar-refractivity contribution in [2.45, 2.75) is 24.5 Å². The number of carbonyl (C=O) groups excluding carboxylic acids is 1. The van der Waals surface area contributed by atoms with Gasteiger partial charge in [-0.25, -0.2) is 0 Å². The van der Waals surface area contributed by atoms with Crippen molar-refractivity contribution in [3.8, 4) is 0 Å². The first-order valence-electron chi connectivity index (χ1n) is 4.53. The first kappa shape index (κ1) is 11.9. The fourth-order valence-corrected chi connectivity index (χ4v) is 2.56. The van der Waals surface area contributed by atoms with E-state index in [1.165, 1.54) is 7.11 Å². The van der Waals surface area contributed by atoms with Gasteiger partial charge in [-0.15, -0.1) is 11.8 Å². The van der Waals surface area contributed by atoms with Gasteiger partial charge >= 0.3 is 5.97 Å². The van der Waals surface area contributed by atoms with E-state index in [4.69, 9.17) is 0 Å². The third-order valence-electron chi connectivity index (χ3n) is 2.09. The van der Waals surface area contributed by atoms with Crippen LogP contribution in [0.15, 0.2) is 4.99 Å². The minimum atomic E-state index is -0.282. The van der Waals surface area contributed by atoms with Crippen LogP contribution in [0.1, 0.15) is 19.8 Å². The molecule has 0 saturated heterocycles. The summed E-state index contributed by atoms with van der Waals surface area (Å²) in [4.78, 5) is 15.3. The van der Waals surface area contributed by atoms with Gasteiger partial charge in [0, 0.05) is 18.7 Å². The lowest BCUT2D eigenvalue weighted by Gasteiger charge is -2.22. The van der Waals surface area contributed by atoms with Gasteiger partial charge in [-0.3, -0.25) is 9.79 Å². The first-order chi connectivity index (χ1) is 6.56. The van der Waals surface area contributed by atoms with Crippen LogP contribution in [-0.2, 0) is 9.53 Å². The van der Waals surface area contributed by atoms with E-state index < -0.39 is 0 Å². The monoisotopic (exact) mass is 233 g/mol. The smallest absolute Gasteiger partial charge is 0.305 e. The Labute approximate surface area is 94.1 Å². The van der Waals surface area contributed by atoms with Gasteiger partial charge in [0.05, 0.1) is 16.9 Å². The van der Waals surface area contributed by atoms with E-state index in [1.807, 2.05) is 6.92 Å². The zero-order chi connectivity index (χ0) is 10.6. The van der Waals surface area contributed by atoms with Gasteiger partial charge in [-0.05, 0) is 13.3 Å². The highest BCUT2D eigenvalue weighted by atomic mass is 32.2. The van der Waals surface area contributed by atoms with E-state index in [1.54, 1.807) is 11.8 Å². The van der Waals surface area contributed by atoms with E-state index in [2.05, 4.69) is 22.4 Å². The lowest BCUT2D eigenvalue weighted by atomic mass is 10.1. The van der Waals surface area contributed by atoms with Crippen LogP contribution in [0.2, 0.25) is 0 Å². The van der Waals surface area contributed by atoms with E-state index in [0.717, 1.165) is 17.3 Å². The minimum Gasteiger partial charge on any atom is -0.469 e. The Morgan fingerprint density at radius 1 is 1.79 bits per heavy atom. The third-order valence-corrected chi connectivity index (χ3v) is 3.92. The zero-order valence-corrected chi connectivity index (χ0v) is 10.2. The summed E-state index contributed by atoms with van der Waals surface area (Å²) in [6.07, 6.45) is 1.07. The fraction of sp³-hybridized carbons (Fsp3) is 0.778. The quantitative estimate of drug-likeness (QED) is 0.594. The first-order valence-corrected chi connectivity index (χ1v) is 5.96. The number of rotatable bonds is 4. The lowest BCUT2D eigenvalue weighted by Crippen LogP contribution is -2.26. The molecule has 0 aromatic carbocycles. The van der Waals surface area contributed by atoms with Crippen LogP contribution >= 0.6 is 24.4 Å². The van der Waals surface area contributed by atoms with E-state index >= 15 is 0 Å². The molecule has 0 bridgehead atoms. The highest BCUT2D eigenvalue weighted by Crippen LogP contribution is 2.31. The predicted molar refractivity (Wildman–Crippen MR) is 63.4 cm³/mol. The second kappa shape index (κ2) is 5.07. The summed E-state index contributed by atoms with van der Waals surface area (Å²) in [7, 11) is 1.40. The van der Waals surface area contributed by atoms with E-state index in [9.17, 15) is 4.79 Å². The highest BCUT2D eigenvalue weighted by molar-refractivity contribution is 8.15. The van der Waals surface area contributed by atoms with Gasteiger partial charge in [0.1, 0.15) is 0 Å². The van der Waals surface area contributed by atoms with Crippen molar-refractivity contribution in [3.05, 3.63) is 0 Å². The van der Waals surface area contributed by atoms with Gasteiger partial charge in [-0.1, -0.05) is 0 Å². The second-order valence-corrected chi connectivity index (χ2v) is 5.46. The van der Waals surface area contributed by atoms with E-state index in [-0.39, 0.29) is 10.7 Å². The van der Waals surface area contributed by atoms with Crippen molar-refractivity contribution in [2.75, 3.05) is 19.4 Å². The molecule has 1 heterocycles. The fourth-order valence-electron chi connectivity index (χ4n) is 1.22. The number of aliphatic imine (C=N–C) groups is 1. The molecule has 0 radical (unpaired) electrons. The Hall–Kier alpha value is -0.160. The van der Waals surface area contributed by atoms with Crippen LogP contribution in [0.4, 0.5) is 0 Å². The summed E-state index contributed by atoms with van der Waals surface area (Å²) < 4.78 is 4.31. The summed E-state index contributed by atoms with van der Waals surface area (Å²) in [5.74, 6) is 0.845. The van der Waals surface area contributed by atoms with Crippen molar-refractivity contribution < 1.29 is 9.53 Å². The standard InChI is InChI=1S/C9H15NO2S2/c1-9(13,4-3-7(11)12-2)8-10-5-6-14-8/h13H,3-6H2,1-2H3. The largest absolute Gasteiger partial charge is 0.469 e. The molecule has 0 N–H and O–H groups in total. The SMILES string of the molecule is COC(=O)CCC(C)(S)C1=NCCS1. The molecular formula is C9H15NO2S2. The van der Waals surface area contributed by atoms with Gasteiger partial charge in [0.2, 0.25) is 0 Å². The predicted octanol–water partition coefficient (Wildman–Crippen LogP) is 1.77. The summed E-state index contributed by atoms with van der Waals surface area (Å²) in [6.45, 7) is 2.87. The molecule has 0 fully saturated rings. The summed E-state index contributed by atoms with van der Waals surface area (Å²) in [6, 6.07) is 0. The van der Waals surface area contributed by atoms with Crippen LogP contribution in [0.5, 0.6) is 0 Å². The van der Waals surface area contributed by atoms with Crippen LogP contribution in [0.3, 0.4) is 0 Å². The van der Waals surface area contributed by atoms with Crippen molar-refractivity contribution >= 4 is 35.4 Å². The van der Waals surface area contributed by atoms with Crippen LogP contribution < -0.4 is 0 Å². The van der Waals surface area contributed by atoms with Gasteiger partial charge in [0.25, 0.3) is 0 Å². The molecule has 0 amide bonds. The number of hydrogen-bond donors (Lipinski definition) is 1. The number of ether oxygens (including phenoxy) is 1. The van der Waals surface area contributed by atoms with E-state index in [0.29, 0.717) is 12.8 Å². The maximum Gasteiger partial charge on any atom is 0.305 e. The van der Waals surface area contributed by atoms with Crippen molar-refractivity contribution in [2.24, 2.45) is 4.99 Å². The Morgan fingerprint density at radius 3 is 3.00 bits per heavy atom. The summed E-state index contributed by atoms with van der Waals surface area (Å²) in [5, 5.41) is 1.05. The minimum absolute atomic E-state index is 0.186. The molecule has 14 heavy (non-hydrogen) atoms. The topological polar surface area (TPSA) is 38.7 Å². The number of thioether (sulfide) groups is 1. The molecule has 0 aromatic heterocycles. The zero-order valence-electron chi connectivity index (χ0n) is 8.45. The molecule has 1 aliphatic heterocycles. The van der Waals surface area contributed by atoms with Crippen molar-refractivity contribution in [3.63, 3.8) is 0 Å². The Bertz CT molecular complexity index is 251. The molecule has 80 valence electrons. The third kappa shape index (κ3) is 3.20. The second-order valence-electron chi connectivity index (χ2n) is 3.39. The number of methoxy groups -OCH3 is 1. The summed E-state index contributed by atoms with van der Waals surface area (Å²) >= 11 is 6.27. The molecule has 0 aliphatic carbocycles. The average Bonchev–Trinajstić information content (AvgIpc) is 2.67. The number of nitrogens with zero attached hydrogens (tertiary/aromatic N) is 1. The average molecular weight is 233 g/mol. The molecular weight excluding hydrogens is 218 g/mol. The van der Waals surface area contributed by atoms with Gasteiger partial charge < -0.3 is 4.74 Å². The number of thiol groups is 1. The lowest BCUT2D eigenvalue weighted by molar-refractivity contribution is -0.140.